The molecule has 14 rings (SSSR count). The topological polar surface area (TPSA) is 581 Å². The van der Waals surface area contributed by atoms with Crippen LogP contribution in [0.3, 0.4) is 0 Å². The lowest BCUT2D eigenvalue weighted by Gasteiger charge is -2.31. The van der Waals surface area contributed by atoms with Gasteiger partial charge in [0.05, 0.1) is 101 Å². The minimum absolute atomic E-state index is 0. The number of hydrogen-bond donors (Lipinski definition) is 4. The molecule has 0 aliphatic carbocycles. The Kier molecular flexibility index (Phi) is 44.2. The lowest BCUT2D eigenvalue weighted by molar-refractivity contribution is -0.389. The SMILES string of the molecule is CCOC(=O)C1CCN(c2ccc([N+](=O)[O-])nc2)CC1.CCOC(=O)C1CCNCC1.Cl.N#CC1CCN(c2ccc(NC(=O)Cc3ccccn3)nc2)CC1.N#CC1CCN(c2ccc([N+](=O)[O-])nc2)CC1.N#CC1CCN(c2ccc([N+](=O)[O-])nc2)CC1.NC(=O)C1CCN(c2ccc([N+](=O)[O-])nc2)CC1.O=C(O)Cc1ccccn1.O=[N+]([O-])c1ccc(Br)cn1. The van der Waals surface area contributed by atoms with Gasteiger partial charge >= 0.3 is 47.0 Å². The van der Waals surface area contributed by atoms with E-state index in [1.54, 1.807) is 74.0 Å². The lowest BCUT2D eigenvalue weighted by Crippen LogP contribution is -2.38. The number of ether oxygens (including phenoxy) is 2. The number of primary amides is 1. The Morgan fingerprint density at radius 2 is 0.742 bits per heavy atom. The number of nitrogens with two attached hydrogens (primary N) is 1. The van der Waals surface area contributed by atoms with Gasteiger partial charge < -0.3 is 106 Å². The molecule has 0 saturated carbocycles. The number of esters is 2. The summed E-state index contributed by atoms with van der Waals surface area (Å²) in [6.07, 6.45) is 22.6. The second kappa shape index (κ2) is 55.2. The van der Waals surface area contributed by atoms with Crippen LogP contribution in [-0.2, 0) is 46.3 Å². The second-order valence-electron chi connectivity index (χ2n) is 29.1. The number of halogens is 2. The van der Waals surface area contributed by atoms with Crippen LogP contribution in [0.15, 0.2) is 163 Å². The monoisotopic (exact) mass is 1850 g/mol. The van der Waals surface area contributed by atoms with E-state index >= 15 is 0 Å². The highest BCUT2D eigenvalue weighted by atomic mass is 79.9. The van der Waals surface area contributed by atoms with Crippen LogP contribution < -0.4 is 40.9 Å². The minimum Gasteiger partial charge on any atom is -0.481 e. The molecule has 128 heavy (non-hydrogen) atoms. The molecule has 6 aliphatic rings. The Labute approximate surface area is 751 Å². The molecule has 2 amide bonds. The molecule has 0 spiro atoms. The molecule has 678 valence electrons. The summed E-state index contributed by atoms with van der Waals surface area (Å²) in [4.78, 5) is 147. The third-order valence-corrected chi connectivity index (χ3v) is 21.0. The number of rotatable bonds is 20. The smallest absolute Gasteiger partial charge is 0.363 e. The van der Waals surface area contributed by atoms with E-state index in [4.69, 9.17) is 36.1 Å². The fourth-order valence-electron chi connectivity index (χ4n) is 13.5. The first-order chi connectivity index (χ1) is 61.2. The maximum atomic E-state index is 12.0. The van der Waals surface area contributed by atoms with Crippen LogP contribution in [0.1, 0.15) is 102 Å². The first-order valence-electron chi connectivity index (χ1n) is 40.9. The molecule has 0 unspecified atom stereocenters. The summed E-state index contributed by atoms with van der Waals surface area (Å²) in [6.45, 7) is 14.3. The van der Waals surface area contributed by atoms with Crippen molar-refractivity contribution in [2.45, 2.75) is 104 Å². The summed E-state index contributed by atoms with van der Waals surface area (Å²) >= 11 is 3.11. The van der Waals surface area contributed by atoms with Gasteiger partial charge in [0.25, 0.3) is 0 Å². The van der Waals surface area contributed by atoms with E-state index in [1.807, 2.05) is 37.3 Å². The number of carbonyl (C=O) groups excluding carboxylic acids is 4. The average Bonchev–Trinajstić information content (AvgIpc) is 0.875. The Morgan fingerprint density at radius 3 is 1.01 bits per heavy atom. The maximum Gasteiger partial charge on any atom is 0.363 e. The molecule has 42 nitrogen and oxygen atoms in total. The fraction of sp³-hybridized carbons (Fsp3) is 0.429. The van der Waals surface area contributed by atoms with Crippen molar-refractivity contribution in [1.82, 2.24) is 45.2 Å². The van der Waals surface area contributed by atoms with Crippen LogP contribution in [0, 0.1) is 120 Å². The highest BCUT2D eigenvalue weighted by Crippen LogP contribution is 2.30. The summed E-state index contributed by atoms with van der Waals surface area (Å²) < 4.78 is 10.7. The summed E-state index contributed by atoms with van der Waals surface area (Å²) in [5, 5.41) is 92.8. The Hall–Kier alpha value is -14.3. The van der Waals surface area contributed by atoms with E-state index < -0.39 is 30.6 Å². The van der Waals surface area contributed by atoms with E-state index in [0.717, 1.165) is 168 Å². The van der Waals surface area contributed by atoms with Crippen LogP contribution >= 0.6 is 28.3 Å². The molecule has 6 saturated heterocycles. The Morgan fingerprint density at radius 1 is 0.438 bits per heavy atom. The number of carboxylic acid groups (broad SMARTS) is 1. The summed E-state index contributed by atoms with van der Waals surface area (Å²) in [6, 6.07) is 36.6. The molecule has 6 aliphatic heterocycles. The van der Waals surface area contributed by atoms with Crippen LogP contribution in [0.2, 0.25) is 0 Å². The number of anilines is 6. The number of nitro groups is 5. The Balaban J connectivity index is 0.000000229. The van der Waals surface area contributed by atoms with Gasteiger partial charge in [-0.3, -0.25) is 33.9 Å². The molecule has 8 aromatic rings. The number of aliphatic carboxylic acids is 1. The maximum absolute atomic E-state index is 12.0. The predicted molar refractivity (Wildman–Crippen MR) is 475 cm³/mol. The summed E-state index contributed by atoms with van der Waals surface area (Å²) in [5.41, 5.74) is 11.0. The Bertz CT molecular complexity index is 4870. The van der Waals surface area contributed by atoms with Crippen molar-refractivity contribution in [2.75, 3.05) is 122 Å². The van der Waals surface area contributed by atoms with Crippen LogP contribution in [-0.4, -0.2) is 191 Å². The van der Waals surface area contributed by atoms with Gasteiger partial charge in [0.2, 0.25) is 11.8 Å². The van der Waals surface area contributed by atoms with Crippen molar-refractivity contribution in [2.24, 2.45) is 41.2 Å². The molecular weight excluding hydrogens is 1750 g/mol. The molecular formula is C84H100BrClN24O18. The third-order valence-electron chi connectivity index (χ3n) is 20.5. The minimum atomic E-state index is -0.848. The quantitative estimate of drug-likeness (QED) is 0.0313. The van der Waals surface area contributed by atoms with E-state index in [9.17, 15) is 74.5 Å². The van der Waals surface area contributed by atoms with E-state index in [2.05, 4.69) is 109 Å². The zero-order valence-corrected chi connectivity index (χ0v) is 72.8. The number of nitriles is 3. The lowest BCUT2D eigenvalue weighted by atomic mass is 9.96. The molecule has 0 bridgehead atoms. The molecule has 44 heteroatoms. The number of nitrogens with zero attached hydrogens (tertiary/aromatic N) is 21. The molecule has 14 heterocycles. The van der Waals surface area contributed by atoms with Gasteiger partial charge in [0.1, 0.15) is 5.82 Å². The largest absolute Gasteiger partial charge is 0.481 e. The summed E-state index contributed by atoms with van der Waals surface area (Å²) in [7, 11) is 0. The number of piperidine rings is 6. The summed E-state index contributed by atoms with van der Waals surface area (Å²) in [5.74, 6) is -1.10. The van der Waals surface area contributed by atoms with Gasteiger partial charge in [-0.15, -0.1) is 12.4 Å². The van der Waals surface area contributed by atoms with Crippen molar-refractivity contribution in [3.05, 3.63) is 225 Å². The molecule has 0 atom stereocenters. The first kappa shape index (κ1) is 103. The molecule has 5 N–H and O–H groups in total. The highest BCUT2D eigenvalue weighted by molar-refractivity contribution is 9.10. The average molecular weight is 1850 g/mol. The molecule has 8 aromatic heterocycles. The number of aromatic nitrogens is 8. The van der Waals surface area contributed by atoms with Gasteiger partial charge in [0, 0.05) is 138 Å². The van der Waals surface area contributed by atoms with Crippen molar-refractivity contribution in [3.63, 3.8) is 0 Å². The zero-order chi connectivity index (χ0) is 92.0. The van der Waals surface area contributed by atoms with Crippen LogP contribution in [0.4, 0.5) is 63.3 Å². The van der Waals surface area contributed by atoms with Crippen molar-refractivity contribution < 1.29 is 63.2 Å². The molecule has 0 radical (unpaired) electrons. The van der Waals surface area contributed by atoms with E-state index in [0.29, 0.717) is 50.7 Å². The predicted octanol–water partition coefficient (Wildman–Crippen LogP) is 11.8. The number of amides is 2. The zero-order valence-electron chi connectivity index (χ0n) is 70.4. The second-order valence-corrected chi connectivity index (χ2v) is 30.0. The van der Waals surface area contributed by atoms with Crippen molar-refractivity contribution >= 4 is 121 Å². The number of hydrogen-bond acceptors (Lipinski definition) is 34. The third kappa shape index (κ3) is 35.8. The van der Waals surface area contributed by atoms with Gasteiger partial charge in [-0.1, -0.05) is 12.1 Å². The van der Waals surface area contributed by atoms with Crippen LogP contribution in [0.5, 0.6) is 0 Å². The number of carboxylic acids is 1. The molecule has 6 fully saturated rings. The van der Waals surface area contributed by atoms with E-state index in [1.165, 1.54) is 61.3 Å². The van der Waals surface area contributed by atoms with Gasteiger partial charge in [-0.2, -0.15) is 15.8 Å². The first-order valence-corrected chi connectivity index (χ1v) is 41.7. The van der Waals surface area contributed by atoms with Gasteiger partial charge in [-0.05, 0) is 236 Å². The van der Waals surface area contributed by atoms with Crippen LogP contribution in [0.25, 0.3) is 0 Å². The number of carbonyl (C=O) groups is 5. The molecule has 0 aromatic carbocycles. The normalized spacial score (nSPS) is 15.1. The highest BCUT2D eigenvalue weighted by Gasteiger charge is 2.30. The van der Waals surface area contributed by atoms with Crippen molar-refractivity contribution in [3.8, 4) is 18.2 Å². The number of nitrogens with one attached hydrogen (secondary N) is 2. The van der Waals surface area contributed by atoms with Gasteiger partial charge in [-0.25, -0.2) is 4.98 Å². The number of pyridine rings is 8. The fourth-order valence-corrected chi connectivity index (χ4v) is 13.7. The van der Waals surface area contributed by atoms with Crippen molar-refractivity contribution in [1.29, 1.82) is 15.8 Å². The standard InChI is InChI=1S/C18H19N5O.C13H17N3O4.C11H14N4O3.2C11H12N4O2.C8H15NO2.C7H7NO2.C5H3BrN2O2.ClH/c19-12-14-6-9-23(10-7-14)16-4-5-17(21-13-16)22-18(24)11-15-3-1-2-8-20-15;1-2-20-13(17)10-5-7-15(8-6-10)11-3-4-12(14-9-11)16(18)19;12-11(16)8-3-5-14(6-4-8)9-1-2-10(13-7-9)15(17)18;2*12-7-9-3-5-14(6-4-9)10-1-2-11(13-8-10)15(16)17;1-2-11-8(10)7-3-5-9-6-4-7;9-7(10)5-6-3-1-2-4-8-6;6-4-1-2-5(7-3-4)8(9)10;/h1-5,8,13-14H,6-7,9-11H2,(H,21,22,24);3-4,9-10H,2,5-8H2,1H3;1-2,7-8H,3-6H2,(H2,12,16);2*1-2,8-9H,3-6H2;7,9H,2-6H2,1H3;1-4H,5H2,(H,9,10);1-3H;1H. The van der Waals surface area contributed by atoms with Gasteiger partial charge in [0.15, 0.2) is 31.0 Å². The van der Waals surface area contributed by atoms with E-state index in [-0.39, 0.29) is 114 Å².